The molecule has 1 rings (SSSR count). The third kappa shape index (κ3) is 2.87. The number of carbonyl (C=O) groups is 1. The van der Waals surface area contributed by atoms with Gasteiger partial charge in [-0.2, -0.15) is 5.26 Å². The Kier molecular flexibility index (Phi) is 4.45. The second kappa shape index (κ2) is 5.84. The van der Waals surface area contributed by atoms with Crippen LogP contribution in [0.1, 0.15) is 6.42 Å². The Bertz CT molecular complexity index is 539. The fraction of sp³-hybridized carbons (Fsp3) is 0.200. The van der Waals surface area contributed by atoms with Gasteiger partial charge >= 0.3 is 0 Å². The third-order valence-electron chi connectivity index (χ3n) is 1.99. The van der Waals surface area contributed by atoms with Crippen LogP contribution in [0.25, 0.3) is 0 Å². The van der Waals surface area contributed by atoms with E-state index < -0.39 is 17.3 Å². The molecule has 18 heavy (non-hydrogen) atoms. The molecule has 0 radical (unpaired) electrons. The number of halogens is 1. The summed E-state index contributed by atoms with van der Waals surface area (Å²) in [6.45, 7) is 0. The van der Waals surface area contributed by atoms with E-state index in [1.165, 1.54) is 13.2 Å². The maximum absolute atomic E-state index is 11.3. The average Bonchev–Trinajstić information content (AvgIpc) is 2.29. The number of carbonyl (C=O) groups excluding carboxylic acids is 1. The molecule has 0 aliphatic heterocycles. The minimum absolute atomic E-state index is 0.0165. The lowest BCUT2D eigenvalue weighted by atomic mass is 10.2. The van der Waals surface area contributed by atoms with Crippen LogP contribution >= 0.6 is 11.6 Å². The molecule has 0 aromatic heterocycles. The second-order valence-electron chi connectivity index (χ2n) is 3.11. The van der Waals surface area contributed by atoms with Crippen molar-refractivity contribution in [2.24, 2.45) is 0 Å². The first-order chi connectivity index (χ1) is 8.51. The van der Waals surface area contributed by atoms with Crippen molar-refractivity contribution in [3.05, 3.63) is 27.3 Å². The highest BCUT2D eigenvalue weighted by atomic mass is 35.5. The minimum Gasteiger partial charge on any atom is -0.493 e. The van der Waals surface area contributed by atoms with Crippen LogP contribution in [0.4, 0.5) is 11.4 Å². The third-order valence-corrected chi connectivity index (χ3v) is 2.29. The normalized spacial score (nSPS) is 9.39. The van der Waals surface area contributed by atoms with Crippen molar-refractivity contribution in [1.82, 2.24) is 0 Å². The largest absolute Gasteiger partial charge is 0.493 e. The molecule has 7 nitrogen and oxygen atoms in total. The zero-order valence-corrected chi connectivity index (χ0v) is 10.0. The number of nitrogens with zero attached hydrogens (tertiary/aromatic N) is 2. The fourth-order valence-corrected chi connectivity index (χ4v) is 1.51. The average molecular weight is 270 g/mol. The van der Waals surface area contributed by atoms with Crippen LogP contribution in [0.5, 0.6) is 5.75 Å². The molecule has 0 heterocycles. The smallest absolute Gasteiger partial charge is 0.296 e. The molecule has 1 amide bonds. The number of hydrogen-bond donors (Lipinski definition) is 1. The highest BCUT2D eigenvalue weighted by Crippen LogP contribution is 2.39. The van der Waals surface area contributed by atoms with Gasteiger partial charge in [0.2, 0.25) is 5.91 Å². The van der Waals surface area contributed by atoms with Gasteiger partial charge in [0.05, 0.1) is 23.1 Å². The number of amides is 1. The van der Waals surface area contributed by atoms with Crippen molar-refractivity contribution < 1.29 is 14.5 Å². The van der Waals surface area contributed by atoms with Gasteiger partial charge in [-0.05, 0) is 6.07 Å². The molecule has 0 saturated heterocycles. The number of methoxy groups -OCH3 is 1. The number of anilines is 1. The molecule has 1 aromatic rings. The first kappa shape index (κ1) is 13.7. The summed E-state index contributed by atoms with van der Waals surface area (Å²) in [6, 6.07) is 4.07. The van der Waals surface area contributed by atoms with E-state index in [1.54, 1.807) is 6.07 Å². The molecule has 0 fully saturated rings. The summed E-state index contributed by atoms with van der Waals surface area (Å²) < 4.78 is 4.91. The summed E-state index contributed by atoms with van der Waals surface area (Å²) in [4.78, 5) is 21.5. The van der Waals surface area contributed by atoms with E-state index >= 15 is 0 Å². The number of hydrogen-bond acceptors (Lipinski definition) is 5. The van der Waals surface area contributed by atoms with Crippen molar-refractivity contribution in [2.75, 3.05) is 12.4 Å². The monoisotopic (exact) mass is 269 g/mol. The summed E-state index contributed by atoms with van der Waals surface area (Å²) in [6.07, 6.45) is -0.424. The predicted octanol–water partition coefficient (Wildman–Crippen LogP) is 2.11. The SMILES string of the molecule is COc1c(Cl)ccc([N+](=O)[O-])c1NC(=O)CC#N. The second-order valence-corrected chi connectivity index (χ2v) is 3.52. The van der Waals surface area contributed by atoms with Crippen LogP contribution in [0.3, 0.4) is 0 Å². The minimum atomic E-state index is -0.680. The predicted molar refractivity (Wildman–Crippen MR) is 63.5 cm³/mol. The van der Waals surface area contributed by atoms with Crippen molar-refractivity contribution >= 4 is 28.9 Å². The quantitative estimate of drug-likeness (QED) is 0.665. The molecule has 0 aliphatic carbocycles. The standard InChI is InChI=1S/C10H8ClN3O4/c1-18-10-6(11)2-3-7(14(16)17)9(10)13-8(15)4-5-12/h2-3H,4H2,1H3,(H,13,15). The van der Waals surface area contributed by atoms with Crippen LogP contribution in [-0.4, -0.2) is 17.9 Å². The molecule has 1 aromatic carbocycles. The lowest BCUT2D eigenvalue weighted by Gasteiger charge is -2.10. The Labute approximate surface area is 107 Å². The summed E-state index contributed by atoms with van der Waals surface area (Å²) in [5, 5.41) is 21.6. The van der Waals surface area contributed by atoms with Crippen LogP contribution in [0.15, 0.2) is 12.1 Å². The van der Waals surface area contributed by atoms with Gasteiger partial charge in [-0.1, -0.05) is 11.6 Å². The zero-order chi connectivity index (χ0) is 13.7. The van der Waals surface area contributed by atoms with Crippen molar-refractivity contribution in [3.8, 4) is 11.8 Å². The van der Waals surface area contributed by atoms with E-state index in [0.717, 1.165) is 6.07 Å². The number of rotatable bonds is 4. The van der Waals surface area contributed by atoms with Crippen molar-refractivity contribution in [1.29, 1.82) is 5.26 Å². The molecule has 0 bridgehead atoms. The van der Waals surface area contributed by atoms with E-state index in [1.807, 2.05) is 0 Å². The number of benzene rings is 1. The van der Waals surface area contributed by atoms with Crippen LogP contribution in [-0.2, 0) is 4.79 Å². The van der Waals surface area contributed by atoms with Gasteiger partial charge in [0, 0.05) is 6.07 Å². The Morgan fingerprint density at radius 3 is 2.83 bits per heavy atom. The Hall–Kier alpha value is -2.33. The van der Waals surface area contributed by atoms with E-state index in [-0.39, 0.29) is 22.1 Å². The topological polar surface area (TPSA) is 105 Å². The van der Waals surface area contributed by atoms with E-state index in [2.05, 4.69) is 5.32 Å². The van der Waals surface area contributed by atoms with E-state index in [0.29, 0.717) is 0 Å². The maximum Gasteiger partial charge on any atom is 0.296 e. The van der Waals surface area contributed by atoms with Crippen LogP contribution < -0.4 is 10.1 Å². The number of ether oxygens (including phenoxy) is 1. The van der Waals surface area contributed by atoms with Gasteiger partial charge < -0.3 is 10.1 Å². The number of nitrogens with one attached hydrogen (secondary N) is 1. The number of nitro groups is 1. The molecule has 0 spiro atoms. The summed E-state index contributed by atoms with van der Waals surface area (Å²) in [7, 11) is 1.27. The fourth-order valence-electron chi connectivity index (χ4n) is 1.27. The number of nitro benzene ring substituents is 1. The molecule has 1 N–H and O–H groups in total. The summed E-state index contributed by atoms with van der Waals surface area (Å²) in [5.41, 5.74) is -0.516. The van der Waals surface area contributed by atoms with Crippen molar-refractivity contribution in [3.63, 3.8) is 0 Å². The lowest BCUT2D eigenvalue weighted by molar-refractivity contribution is -0.384. The molecule has 0 unspecified atom stereocenters. The van der Waals surface area contributed by atoms with Gasteiger partial charge in [-0.3, -0.25) is 14.9 Å². The van der Waals surface area contributed by atoms with Crippen LogP contribution in [0, 0.1) is 21.4 Å². The Morgan fingerprint density at radius 2 is 2.33 bits per heavy atom. The van der Waals surface area contributed by atoms with E-state index in [4.69, 9.17) is 21.6 Å². The highest BCUT2D eigenvalue weighted by Gasteiger charge is 2.22. The van der Waals surface area contributed by atoms with Gasteiger partial charge in [-0.25, -0.2) is 0 Å². The molecular formula is C10H8ClN3O4. The molecular weight excluding hydrogens is 262 g/mol. The van der Waals surface area contributed by atoms with Gasteiger partial charge in [0.15, 0.2) is 11.4 Å². The van der Waals surface area contributed by atoms with E-state index in [9.17, 15) is 14.9 Å². The first-order valence-corrected chi connectivity index (χ1v) is 5.06. The summed E-state index contributed by atoms with van der Waals surface area (Å²) in [5.74, 6) is -0.696. The zero-order valence-electron chi connectivity index (χ0n) is 9.27. The molecule has 0 saturated carbocycles. The van der Waals surface area contributed by atoms with Gasteiger partial charge in [0.1, 0.15) is 6.42 Å². The molecule has 0 atom stereocenters. The highest BCUT2D eigenvalue weighted by molar-refractivity contribution is 6.32. The molecule has 0 aliphatic rings. The molecule has 94 valence electrons. The lowest BCUT2D eigenvalue weighted by Crippen LogP contribution is -2.12. The van der Waals surface area contributed by atoms with Crippen LogP contribution in [0.2, 0.25) is 5.02 Å². The van der Waals surface area contributed by atoms with Gasteiger partial charge in [0.25, 0.3) is 5.69 Å². The Balaban J connectivity index is 3.28. The van der Waals surface area contributed by atoms with Crippen molar-refractivity contribution in [2.45, 2.75) is 6.42 Å². The summed E-state index contributed by atoms with van der Waals surface area (Å²) >= 11 is 5.80. The first-order valence-electron chi connectivity index (χ1n) is 4.69. The molecule has 8 heteroatoms. The maximum atomic E-state index is 11.3. The Morgan fingerprint density at radius 1 is 1.67 bits per heavy atom. The van der Waals surface area contributed by atoms with Gasteiger partial charge in [-0.15, -0.1) is 0 Å². The number of nitriles is 1.